The molecule has 2 heterocycles. The minimum Gasteiger partial charge on any atom is -0.421 e. The van der Waals surface area contributed by atoms with E-state index < -0.39 is 0 Å². The van der Waals surface area contributed by atoms with Crippen LogP contribution < -0.4 is 5.32 Å². The van der Waals surface area contributed by atoms with E-state index in [4.69, 9.17) is 16.0 Å². The molecule has 1 N–H and O–H groups in total. The van der Waals surface area contributed by atoms with Crippen LogP contribution in [0.4, 0.5) is 0 Å². The first-order chi connectivity index (χ1) is 8.66. The third-order valence-corrected chi connectivity index (χ3v) is 2.66. The van der Waals surface area contributed by atoms with E-state index in [-0.39, 0.29) is 0 Å². The molecule has 0 unspecified atom stereocenters. The van der Waals surface area contributed by atoms with Crippen molar-refractivity contribution in [3.05, 3.63) is 29.4 Å². The lowest BCUT2D eigenvalue weighted by Crippen LogP contribution is -2.25. The molecule has 0 aliphatic rings. The van der Waals surface area contributed by atoms with E-state index in [1.807, 2.05) is 0 Å². The van der Waals surface area contributed by atoms with Crippen LogP contribution in [0.25, 0.3) is 11.5 Å². The molecule has 6 heteroatoms. The molecule has 2 aromatic heterocycles. The molecular formula is C12H15ClN4O. The molecule has 0 bridgehead atoms. The van der Waals surface area contributed by atoms with Gasteiger partial charge in [-0.15, -0.1) is 10.2 Å². The predicted octanol–water partition coefficient (Wildman–Crippen LogP) is 2.33. The fourth-order valence-corrected chi connectivity index (χ4v) is 1.68. The Labute approximate surface area is 111 Å². The minimum absolute atomic E-state index is 0.432. The Kier molecular flexibility index (Phi) is 4.28. The lowest BCUT2D eigenvalue weighted by atomic mass is 10.3. The summed E-state index contributed by atoms with van der Waals surface area (Å²) in [7, 11) is 0. The first-order valence-corrected chi connectivity index (χ1v) is 6.20. The van der Waals surface area contributed by atoms with E-state index >= 15 is 0 Å². The molecule has 0 amide bonds. The van der Waals surface area contributed by atoms with Gasteiger partial charge in [0.25, 0.3) is 0 Å². The predicted molar refractivity (Wildman–Crippen MR) is 69.4 cm³/mol. The SMILES string of the molecule is CC(C)NCCc1nnc(-c2ccncc2Cl)o1. The average molecular weight is 267 g/mol. The van der Waals surface area contributed by atoms with Gasteiger partial charge in [-0.05, 0) is 6.07 Å². The van der Waals surface area contributed by atoms with Crippen molar-refractivity contribution >= 4 is 11.6 Å². The van der Waals surface area contributed by atoms with Crippen LogP contribution in [0.2, 0.25) is 5.02 Å². The third-order valence-electron chi connectivity index (χ3n) is 2.36. The quantitative estimate of drug-likeness (QED) is 0.900. The number of rotatable bonds is 5. The van der Waals surface area contributed by atoms with Crippen molar-refractivity contribution < 1.29 is 4.42 Å². The summed E-state index contributed by atoms with van der Waals surface area (Å²) in [5.74, 6) is 1.04. The van der Waals surface area contributed by atoms with Gasteiger partial charge in [-0.2, -0.15) is 0 Å². The van der Waals surface area contributed by atoms with Crippen LogP contribution in [0, 0.1) is 0 Å². The maximum atomic E-state index is 6.01. The monoisotopic (exact) mass is 266 g/mol. The van der Waals surface area contributed by atoms with Crippen LogP contribution in [-0.2, 0) is 6.42 Å². The highest BCUT2D eigenvalue weighted by Crippen LogP contribution is 2.25. The molecule has 2 rings (SSSR count). The van der Waals surface area contributed by atoms with Crippen LogP contribution in [0.1, 0.15) is 19.7 Å². The first kappa shape index (κ1) is 13.0. The van der Waals surface area contributed by atoms with Gasteiger partial charge >= 0.3 is 0 Å². The summed E-state index contributed by atoms with van der Waals surface area (Å²) < 4.78 is 5.56. The first-order valence-electron chi connectivity index (χ1n) is 5.82. The van der Waals surface area contributed by atoms with E-state index in [9.17, 15) is 0 Å². The summed E-state index contributed by atoms with van der Waals surface area (Å²) in [6, 6.07) is 2.20. The fourth-order valence-electron chi connectivity index (χ4n) is 1.48. The zero-order valence-electron chi connectivity index (χ0n) is 10.4. The number of pyridine rings is 1. The molecule has 96 valence electrons. The second-order valence-electron chi connectivity index (χ2n) is 4.22. The van der Waals surface area contributed by atoms with Crippen LogP contribution >= 0.6 is 11.6 Å². The Balaban J connectivity index is 2.04. The number of nitrogens with one attached hydrogen (secondary N) is 1. The van der Waals surface area contributed by atoms with Crippen LogP contribution in [-0.4, -0.2) is 27.8 Å². The highest BCUT2D eigenvalue weighted by atomic mass is 35.5. The number of aromatic nitrogens is 3. The molecule has 0 aromatic carbocycles. The maximum Gasteiger partial charge on any atom is 0.249 e. The number of hydrogen-bond acceptors (Lipinski definition) is 5. The number of nitrogens with zero attached hydrogens (tertiary/aromatic N) is 3. The highest BCUT2D eigenvalue weighted by Gasteiger charge is 2.11. The standard InChI is InChI=1S/C12H15ClN4O/c1-8(2)15-6-4-11-16-17-12(18-11)9-3-5-14-7-10(9)13/h3,5,7-8,15H,4,6H2,1-2H3. The zero-order valence-corrected chi connectivity index (χ0v) is 11.1. The Bertz CT molecular complexity index is 512. The summed E-state index contributed by atoms with van der Waals surface area (Å²) in [6.45, 7) is 5.00. The van der Waals surface area contributed by atoms with Gasteiger partial charge in [0.1, 0.15) is 0 Å². The molecule has 18 heavy (non-hydrogen) atoms. The molecule has 0 aliphatic heterocycles. The highest BCUT2D eigenvalue weighted by molar-refractivity contribution is 6.32. The molecule has 2 aromatic rings. The van der Waals surface area contributed by atoms with Crippen LogP contribution in [0.15, 0.2) is 22.9 Å². The molecule has 0 spiro atoms. The Morgan fingerprint density at radius 1 is 1.39 bits per heavy atom. The van der Waals surface area contributed by atoms with Gasteiger partial charge < -0.3 is 9.73 Å². The van der Waals surface area contributed by atoms with Gasteiger partial charge in [-0.25, -0.2) is 0 Å². The van der Waals surface area contributed by atoms with E-state index in [1.54, 1.807) is 18.5 Å². The normalized spacial score (nSPS) is 11.1. The van der Waals surface area contributed by atoms with Crippen molar-refractivity contribution in [3.63, 3.8) is 0 Å². The van der Waals surface area contributed by atoms with Crippen LogP contribution in [0.5, 0.6) is 0 Å². The molecule has 0 saturated heterocycles. The third kappa shape index (κ3) is 3.27. The lowest BCUT2D eigenvalue weighted by molar-refractivity contribution is 0.484. The van der Waals surface area contributed by atoms with Gasteiger partial charge in [0, 0.05) is 31.4 Å². The van der Waals surface area contributed by atoms with E-state index in [0.29, 0.717) is 34.8 Å². The van der Waals surface area contributed by atoms with Gasteiger partial charge in [0.15, 0.2) is 0 Å². The summed E-state index contributed by atoms with van der Waals surface area (Å²) >= 11 is 6.01. The van der Waals surface area contributed by atoms with Crippen molar-refractivity contribution in [2.75, 3.05) is 6.54 Å². The molecule has 0 aliphatic carbocycles. The van der Waals surface area contributed by atoms with Gasteiger partial charge in [-0.1, -0.05) is 25.4 Å². The van der Waals surface area contributed by atoms with Gasteiger partial charge in [0.2, 0.25) is 11.8 Å². The van der Waals surface area contributed by atoms with Crippen molar-refractivity contribution in [1.82, 2.24) is 20.5 Å². The molecule has 0 radical (unpaired) electrons. The Hall–Kier alpha value is -1.46. The second kappa shape index (κ2) is 5.93. The van der Waals surface area contributed by atoms with Gasteiger partial charge in [0.05, 0.1) is 10.6 Å². The largest absolute Gasteiger partial charge is 0.421 e. The summed E-state index contributed by atoms with van der Waals surface area (Å²) in [5.41, 5.74) is 0.710. The minimum atomic E-state index is 0.432. The molecule has 5 nitrogen and oxygen atoms in total. The van der Waals surface area contributed by atoms with Gasteiger partial charge in [-0.3, -0.25) is 4.98 Å². The molecular weight excluding hydrogens is 252 g/mol. The maximum absolute atomic E-state index is 6.01. The fraction of sp³-hybridized carbons (Fsp3) is 0.417. The summed E-state index contributed by atoms with van der Waals surface area (Å²) in [4.78, 5) is 3.91. The van der Waals surface area contributed by atoms with Crippen molar-refractivity contribution in [3.8, 4) is 11.5 Å². The summed E-state index contributed by atoms with van der Waals surface area (Å²) in [5, 5.41) is 11.8. The average Bonchev–Trinajstić information content (AvgIpc) is 2.78. The van der Waals surface area contributed by atoms with Crippen molar-refractivity contribution in [2.24, 2.45) is 0 Å². The Morgan fingerprint density at radius 3 is 2.94 bits per heavy atom. The molecule has 0 fully saturated rings. The lowest BCUT2D eigenvalue weighted by Gasteiger charge is -2.04. The van der Waals surface area contributed by atoms with Crippen molar-refractivity contribution in [2.45, 2.75) is 26.3 Å². The molecule has 0 saturated carbocycles. The number of halogens is 1. The zero-order chi connectivity index (χ0) is 13.0. The smallest absolute Gasteiger partial charge is 0.249 e. The Morgan fingerprint density at radius 2 is 2.22 bits per heavy atom. The van der Waals surface area contributed by atoms with Crippen molar-refractivity contribution in [1.29, 1.82) is 0 Å². The second-order valence-corrected chi connectivity index (χ2v) is 4.62. The van der Waals surface area contributed by atoms with E-state index in [0.717, 1.165) is 6.54 Å². The van der Waals surface area contributed by atoms with E-state index in [2.05, 4.69) is 34.3 Å². The molecule has 0 atom stereocenters. The number of hydrogen-bond donors (Lipinski definition) is 1. The van der Waals surface area contributed by atoms with E-state index in [1.165, 1.54) is 0 Å². The summed E-state index contributed by atoms with van der Waals surface area (Å²) in [6.07, 6.45) is 3.90. The van der Waals surface area contributed by atoms with Crippen LogP contribution in [0.3, 0.4) is 0 Å². The topological polar surface area (TPSA) is 63.8 Å².